The molecule has 0 heterocycles. The molecule has 5 aromatic rings. The molecule has 0 saturated heterocycles. The molecular formula is C62H82ClN4O9P. The largest absolute Gasteiger partial charge is 0.493 e. The zero-order valence-electron chi connectivity index (χ0n) is 46.8. The molecule has 416 valence electrons. The highest BCUT2D eigenvalue weighted by molar-refractivity contribution is 7.57. The Morgan fingerprint density at radius 2 is 1.38 bits per heavy atom. The van der Waals surface area contributed by atoms with E-state index < -0.39 is 41.4 Å². The lowest BCUT2D eigenvalue weighted by atomic mass is 9.89. The van der Waals surface area contributed by atoms with Crippen molar-refractivity contribution >= 4 is 76.4 Å². The minimum atomic E-state index is -0.996. The Labute approximate surface area is 462 Å². The summed E-state index contributed by atoms with van der Waals surface area (Å²) in [5.74, 6) is -1.04. The molecule has 2 amide bonds. The molecule has 0 radical (unpaired) electrons. The topological polar surface area (TPSA) is 185 Å². The summed E-state index contributed by atoms with van der Waals surface area (Å²) < 4.78 is 24.2. The Morgan fingerprint density at radius 1 is 0.727 bits per heavy atom. The average molecular weight is 1090 g/mol. The maximum Gasteiger partial charge on any atom is 0.407 e. The van der Waals surface area contributed by atoms with E-state index in [-0.39, 0.29) is 70.8 Å². The van der Waals surface area contributed by atoms with E-state index in [1.54, 1.807) is 39.0 Å². The number of esters is 1. The van der Waals surface area contributed by atoms with Gasteiger partial charge in [-0.15, -0.1) is 7.92 Å². The second-order valence-corrected chi connectivity index (χ2v) is 25.0. The van der Waals surface area contributed by atoms with Crippen LogP contribution in [0.5, 0.6) is 11.5 Å². The van der Waals surface area contributed by atoms with Crippen molar-refractivity contribution < 1.29 is 42.9 Å². The van der Waals surface area contributed by atoms with Crippen LogP contribution in [0.2, 0.25) is 5.02 Å². The molecule has 13 nitrogen and oxygen atoms in total. The molecule has 5 aromatic carbocycles. The predicted molar refractivity (Wildman–Crippen MR) is 314 cm³/mol. The lowest BCUT2D eigenvalue weighted by molar-refractivity contribution is -0.152. The SMILES string of the molecule is CC(C)CCOc1ccc2ccccc2c1-c1c(OCC(=O)C[C@H](CCCCNC(=O)OC(C)(C)C)C(=O)N[C@H](CCCN=C(N)CP(C)C)C(=O)C[C@@H](CC(C)C)C(=O)OCc2cccc(Cl)c2)ccc2ccccc12. The molecule has 0 aromatic heterocycles. The number of amides is 2. The van der Waals surface area contributed by atoms with Crippen LogP contribution in [-0.2, 0) is 35.3 Å². The van der Waals surface area contributed by atoms with E-state index >= 15 is 0 Å². The van der Waals surface area contributed by atoms with Crippen LogP contribution in [0, 0.1) is 23.7 Å². The Morgan fingerprint density at radius 3 is 1.99 bits per heavy atom. The third-order valence-corrected chi connectivity index (χ3v) is 14.0. The summed E-state index contributed by atoms with van der Waals surface area (Å²) in [6.45, 7) is 18.7. The fraction of sp³-hybridized carbons (Fsp3) is 0.484. The summed E-state index contributed by atoms with van der Waals surface area (Å²) >= 11 is 6.19. The number of fused-ring (bicyclic) bond motifs is 2. The highest BCUT2D eigenvalue weighted by atomic mass is 35.5. The number of nitrogens with zero attached hydrogens (tertiary/aromatic N) is 1. The minimum Gasteiger partial charge on any atom is -0.493 e. The van der Waals surface area contributed by atoms with E-state index in [0.717, 1.165) is 44.7 Å². The van der Waals surface area contributed by atoms with Crippen LogP contribution in [0.4, 0.5) is 4.79 Å². The average Bonchev–Trinajstić information content (AvgIpc) is 3.38. The number of rotatable bonds is 31. The van der Waals surface area contributed by atoms with Gasteiger partial charge in [-0.1, -0.05) is 119 Å². The molecule has 77 heavy (non-hydrogen) atoms. The van der Waals surface area contributed by atoms with E-state index in [9.17, 15) is 24.0 Å². The van der Waals surface area contributed by atoms with Gasteiger partial charge in [0.25, 0.3) is 0 Å². The maximum absolute atomic E-state index is 14.7. The van der Waals surface area contributed by atoms with E-state index in [1.807, 2.05) is 74.5 Å². The fourth-order valence-corrected chi connectivity index (χ4v) is 10.1. The third kappa shape index (κ3) is 21.0. The minimum absolute atomic E-state index is 0.00850. The molecule has 15 heteroatoms. The standard InChI is InChI=1S/C62H82ClN4O9P/c1-41(2)30-33-73-54-28-26-44-19-10-12-23-50(44)57(54)58-51-24-13-11-20-45(51)27-29-55(58)74-39-49(68)36-46(21-14-15-31-66-61(72)76-62(5,6)7)59(70)67-52(25-17-32-65-56(64)40-77(8)9)53(69)37-47(34-42(3)4)60(71)75-38-43-18-16-22-48(63)35-43/h10-13,16,18-20,22-24,26-29,35,41-42,46-47,52H,14-15,17,21,25,30-34,36-40H2,1-9H3,(H2,64,65)(H,66,72)(H,67,70)/t46-,47+,52+/m0/s1. The molecule has 0 bridgehead atoms. The molecule has 3 atom stereocenters. The summed E-state index contributed by atoms with van der Waals surface area (Å²) in [7, 11) is -0.305. The molecule has 0 aliphatic carbocycles. The number of carbonyl (C=O) groups is 5. The number of hydrogen-bond acceptors (Lipinski definition) is 10. The third-order valence-electron chi connectivity index (χ3n) is 12.8. The first kappa shape index (κ1) is 61.8. The van der Waals surface area contributed by atoms with Crippen molar-refractivity contribution in [3.05, 3.63) is 108 Å². The van der Waals surface area contributed by atoms with Crippen LogP contribution in [0.25, 0.3) is 32.7 Å². The highest BCUT2D eigenvalue weighted by Crippen LogP contribution is 2.45. The second-order valence-electron chi connectivity index (χ2n) is 22.1. The van der Waals surface area contributed by atoms with E-state index in [2.05, 4.69) is 61.0 Å². The zero-order valence-corrected chi connectivity index (χ0v) is 48.4. The van der Waals surface area contributed by atoms with Gasteiger partial charge in [0.1, 0.15) is 30.3 Å². The van der Waals surface area contributed by atoms with Gasteiger partial charge in [-0.2, -0.15) is 0 Å². The molecule has 0 fully saturated rings. The summed E-state index contributed by atoms with van der Waals surface area (Å²) in [6.07, 6.45) is 2.94. The van der Waals surface area contributed by atoms with Crippen LogP contribution in [0.15, 0.2) is 102 Å². The van der Waals surface area contributed by atoms with Crippen LogP contribution in [0.3, 0.4) is 0 Å². The molecule has 4 N–H and O–H groups in total. The normalized spacial score (nSPS) is 13.1. The molecule has 0 saturated carbocycles. The first-order valence-electron chi connectivity index (χ1n) is 27.1. The smallest absolute Gasteiger partial charge is 0.407 e. The monoisotopic (exact) mass is 1090 g/mol. The quantitative estimate of drug-likeness (QED) is 0.0127. The van der Waals surface area contributed by atoms with Crippen molar-refractivity contribution in [1.82, 2.24) is 10.6 Å². The number of halogens is 1. The van der Waals surface area contributed by atoms with Gasteiger partial charge in [-0.3, -0.25) is 24.2 Å². The Hall–Kier alpha value is -6.04. The number of nitrogens with one attached hydrogen (secondary N) is 2. The Balaban J connectivity index is 1.42. The van der Waals surface area contributed by atoms with Gasteiger partial charge in [-0.05, 0) is 136 Å². The van der Waals surface area contributed by atoms with Gasteiger partial charge in [0.05, 0.1) is 24.4 Å². The van der Waals surface area contributed by atoms with Crippen LogP contribution in [0.1, 0.15) is 112 Å². The number of benzene rings is 5. The maximum atomic E-state index is 14.7. The van der Waals surface area contributed by atoms with Gasteiger partial charge in [0.2, 0.25) is 5.91 Å². The number of unbranched alkanes of at least 4 members (excludes halogenated alkanes) is 1. The van der Waals surface area contributed by atoms with Crippen molar-refractivity contribution in [2.45, 2.75) is 125 Å². The summed E-state index contributed by atoms with van der Waals surface area (Å²) in [6, 6.07) is 30.1. The van der Waals surface area contributed by atoms with Gasteiger partial charge >= 0.3 is 12.1 Å². The second kappa shape index (κ2) is 30.8. The molecule has 0 unspecified atom stereocenters. The number of hydrogen-bond donors (Lipinski definition) is 3. The molecule has 5 rings (SSSR count). The van der Waals surface area contributed by atoms with E-state index in [1.165, 1.54) is 0 Å². The zero-order chi connectivity index (χ0) is 56.1. The van der Waals surface area contributed by atoms with Crippen LogP contribution in [-0.4, -0.2) is 92.8 Å². The lowest BCUT2D eigenvalue weighted by Crippen LogP contribution is -2.45. The van der Waals surface area contributed by atoms with Gasteiger partial charge in [0.15, 0.2) is 11.6 Å². The van der Waals surface area contributed by atoms with Crippen molar-refractivity contribution in [2.24, 2.45) is 34.4 Å². The molecule has 0 aliphatic heterocycles. The van der Waals surface area contributed by atoms with E-state index in [0.29, 0.717) is 73.3 Å². The van der Waals surface area contributed by atoms with E-state index in [4.69, 9.17) is 36.3 Å². The van der Waals surface area contributed by atoms with Gasteiger partial charge < -0.3 is 35.3 Å². The number of Topliss-reactive ketones (excluding diaryl/α,β-unsaturated/α-hetero) is 2. The molecule has 0 spiro atoms. The molecular weight excluding hydrogens is 1010 g/mol. The number of aliphatic imine (C=N–C) groups is 1. The predicted octanol–water partition coefficient (Wildman–Crippen LogP) is 13.1. The Kier molecular flexibility index (Phi) is 24.7. The van der Waals surface area contributed by atoms with Crippen molar-refractivity contribution in [3.63, 3.8) is 0 Å². The Bertz CT molecular complexity index is 2790. The number of carbonyl (C=O) groups excluding carboxylic acids is 5. The summed E-state index contributed by atoms with van der Waals surface area (Å²) in [5, 5.41) is 10.2. The number of alkyl carbamates (subject to hydrolysis) is 1. The highest BCUT2D eigenvalue weighted by Gasteiger charge is 2.32. The van der Waals surface area contributed by atoms with Gasteiger partial charge in [-0.25, -0.2) is 4.79 Å². The lowest BCUT2D eigenvalue weighted by Gasteiger charge is -2.24. The number of ketones is 2. The van der Waals surface area contributed by atoms with Gasteiger partial charge in [0, 0.05) is 54.2 Å². The first-order chi connectivity index (χ1) is 36.7. The fourth-order valence-electron chi connectivity index (χ4n) is 9.11. The molecule has 0 aliphatic rings. The summed E-state index contributed by atoms with van der Waals surface area (Å²) in [5.41, 5.74) is 7.92. The van der Waals surface area contributed by atoms with Crippen LogP contribution < -0.4 is 25.8 Å². The number of amidine groups is 1. The number of ether oxygens (including phenoxy) is 4. The first-order valence-corrected chi connectivity index (χ1v) is 29.9. The van der Waals surface area contributed by atoms with Crippen molar-refractivity contribution in [3.8, 4) is 22.6 Å². The van der Waals surface area contributed by atoms with Crippen molar-refractivity contribution in [1.29, 1.82) is 0 Å². The summed E-state index contributed by atoms with van der Waals surface area (Å²) in [4.78, 5) is 74.3. The number of nitrogens with two attached hydrogens (primary N) is 1. The van der Waals surface area contributed by atoms with Crippen molar-refractivity contribution in [2.75, 3.05) is 45.8 Å². The van der Waals surface area contributed by atoms with Crippen LogP contribution >= 0.6 is 19.5 Å².